The monoisotopic (exact) mass is 493 g/mol. The molecule has 0 aliphatic heterocycles. The molecule has 0 bridgehead atoms. The molecule has 0 N–H and O–H groups in total. The summed E-state index contributed by atoms with van der Waals surface area (Å²) >= 11 is 0. The Hall–Kier alpha value is -5.08. The maximum atomic E-state index is 9.47. The van der Waals surface area contributed by atoms with Crippen LogP contribution in [0.1, 0.15) is 12.3 Å². The molecule has 8 rings (SSSR count). The molecule has 0 radical (unpaired) electrons. The molecule has 0 saturated carbocycles. The van der Waals surface area contributed by atoms with Crippen molar-refractivity contribution in [2.24, 2.45) is 0 Å². The zero-order chi connectivity index (χ0) is 32.9. The van der Waals surface area contributed by atoms with E-state index in [-0.39, 0.29) is 53.2 Å². The molecule has 2 heterocycles. The highest BCUT2D eigenvalue weighted by Crippen LogP contribution is 2.42. The maximum absolute atomic E-state index is 9.47. The second kappa shape index (κ2) is 8.22. The second-order valence-corrected chi connectivity index (χ2v) is 9.12. The quantitative estimate of drug-likeness (QED) is 0.232. The maximum Gasteiger partial charge on any atom is 0.0651 e. The highest BCUT2D eigenvalue weighted by Gasteiger charge is 2.20. The molecule has 0 saturated heterocycles. The Bertz CT molecular complexity index is 2590. The normalized spacial score (nSPS) is 15.0. The van der Waals surface area contributed by atoms with E-state index in [0.29, 0.717) is 33.0 Å². The summed E-state index contributed by atoms with van der Waals surface area (Å²) in [4.78, 5) is 0. The topological polar surface area (TPSA) is 9.86 Å². The minimum atomic E-state index is -0.476. The third-order valence-corrected chi connectivity index (χ3v) is 7.08. The predicted octanol–water partition coefficient (Wildman–Crippen LogP) is 9.55. The van der Waals surface area contributed by atoms with Gasteiger partial charge >= 0.3 is 0 Å². The van der Waals surface area contributed by atoms with Crippen molar-refractivity contribution in [2.45, 2.75) is 0 Å². The molecule has 8 aromatic rings. The molecular weight excluding hydrogens is 460 g/mol. The van der Waals surface area contributed by atoms with E-state index in [1.54, 1.807) is 16.7 Å². The van der Waals surface area contributed by atoms with E-state index in [4.69, 9.17) is 11.0 Å². The van der Waals surface area contributed by atoms with Crippen LogP contribution in [-0.4, -0.2) is 9.13 Å². The lowest BCUT2D eigenvalue weighted by Crippen LogP contribution is -1.95. The molecule has 0 aliphatic carbocycles. The molecular formula is C36H24N2. The van der Waals surface area contributed by atoms with E-state index >= 15 is 0 Å². The van der Waals surface area contributed by atoms with Gasteiger partial charge in [0.1, 0.15) is 0 Å². The Morgan fingerprint density at radius 3 is 1.95 bits per heavy atom. The van der Waals surface area contributed by atoms with Crippen LogP contribution in [0.2, 0.25) is 0 Å². The fraction of sp³-hybridized carbons (Fsp3) is 0. The van der Waals surface area contributed by atoms with Crippen molar-refractivity contribution >= 4 is 43.6 Å². The molecule has 2 nitrogen and oxygen atoms in total. The van der Waals surface area contributed by atoms with Crippen LogP contribution < -0.4 is 0 Å². The van der Waals surface area contributed by atoms with Gasteiger partial charge in [0, 0.05) is 32.9 Å². The number of rotatable bonds is 3. The van der Waals surface area contributed by atoms with E-state index in [1.807, 2.05) is 83.4 Å². The van der Waals surface area contributed by atoms with Crippen LogP contribution >= 0.6 is 0 Å². The van der Waals surface area contributed by atoms with Gasteiger partial charge in [-0.25, -0.2) is 0 Å². The Balaban J connectivity index is 1.62. The number of nitrogens with zero attached hydrogens (tertiary/aromatic N) is 2. The van der Waals surface area contributed by atoms with Gasteiger partial charge in [0.05, 0.1) is 34.4 Å². The summed E-state index contributed by atoms with van der Waals surface area (Å²) in [6.45, 7) is 0. The summed E-state index contributed by atoms with van der Waals surface area (Å²) in [5.74, 6) is 0. The fourth-order valence-electron chi connectivity index (χ4n) is 5.53. The zero-order valence-corrected chi connectivity index (χ0v) is 20.1. The van der Waals surface area contributed by atoms with Crippen LogP contribution in [0.5, 0.6) is 0 Å². The van der Waals surface area contributed by atoms with Crippen molar-refractivity contribution in [2.75, 3.05) is 0 Å². The number of hydrogen-bond donors (Lipinski definition) is 0. The highest BCUT2D eigenvalue weighted by molar-refractivity contribution is 6.26. The van der Waals surface area contributed by atoms with Crippen LogP contribution in [0.4, 0.5) is 0 Å². The summed E-state index contributed by atoms with van der Waals surface area (Å²) in [6.07, 6.45) is 0. The van der Waals surface area contributed by atoms with Crippen LogP contribution in [0, 0.1) is 0 Å². The predicted molar refractivity (Wildman–Crippen MR) is 161 cm³/mol. The lowest BCUT2D eigenvalue weighted by molar-refractivity contribution is 1.17. The lowest BCUT2D eigenvalue weighted by atomic mass is 10.0. The number of hydrogen-bond acceptors (Lipinski definition) is 0. The molecule has 0 aliphatic rings. The van der Waals surface area contributed by atoms with Crippen molar-refractivity contribution in [1.29, 1.82) is 0 Å². The van der Waals surface area contributed by atoms with E-state index in [0.717, 1.165) is 16.2 Å². The van der Waals surface area contributed by atoms with Crippen molar-refractivity contribution < 1.29 is 12.3 Å². The van der Waals surface area contributed by atoms with Crippen LogP contribution in [0.3, 0.4) is 0 Å². The van der Waals surface area contributed by atoms with Crippen molar-refractivity contribution in [3.05, 3.63) is 145 Å². The van der Waals surface area contributed by atoms with Gasteiger partial charge in [-0.1, -0.05) is 103 Å². The van der Waals surface area contributed by atoms with Crippen LogP contribution in [0.25, 0.3) is 66.1 Å². The summed E-state index contributed by atoms with van der Waals surface area (Å²) in [6, 6.07) is 25.1. The van der Waals surface area contributed by atoms with E-state index in [1.165, 1.54) is 0 Å². The SMILES string of the molecule is [2H]c1c([2H])c([2H])c(-n2c3ccccc3c3c2ccc2c4ccccc4n(-c4c([2H])c([2H])c([2H])c(-c5ccccc5)c4[2H])c23)c([2H])c1[2H]. The average molecular weight is 494 g/mol. The number of fused-ring (bicyclic) bond motifs is 7. The zero-order valence-electron chi connectivity index (χ0n) is 29.1. The van der Waals surface area contributed by atoms with E-state index < -0.39 is 18.1 Å². The van der Waals surface area contributed by atoms with Gasteiger partial charge in [0.25, 0.3) is 0 Å². The Morgan fingerprint density at radius 2 is 1.13 bits per heavy atom. The van der Waals surface area contributed by atoms with Crippen molar-refractivity contribution in [3.8, 4) is 22.5 Å². The minimum Gasteiger partial charge on any atom is -0.309 e. The largest absolute Gasteiger partial charge is 0.309 e. The molecule has 178 valence electrons. The molecule has 2 aromatic heterocycles. The molecule has 0 atom stereocenters. The Kier molecular flexibility index (Phi) is 3.03. The first-order chi connectivity index (χ1) is 22.6. The van der Waals surface area contributed by atoms with Crippen molar-refractivity contribution in [3.63, 3.8) is 0 Å². The molecule has 0 fully saturated rings. The van der Waals surface area contributed by atoms with Gasteiger partial charge in [0.15, 0.2) is 0 Å². The second-order valence-electron chi connectivity index (χ2n) is 9.12. The summed E-state index contributed by atoms with van der Waals surface area (Å²) in [5.41, 5.74) is 3.56. The molecule has 0 amide bonds. The van der Waals surface area contributed by atoms with Crippen LogP contribution in [-0.2, 0) is 0 Å². The third-order valence-electron chi connectivity index (χ3n) is 7.08. The molecule has 0 unspecified atom stereocenters. The van der Waals surface area contributed by atoms with E-state index in [2.05, 4.69) is 0 Å². The lowest BCUT2D eigenvalue weighted by Gasteiger charge is -2.12. The molecule has 6 aromatic carbocycles. The standard InChI is InChI=1S/C36H24N2/c1-3-12-25(13-4-1)26-14-11-17-28(24-26)38-32-20-9-7-18-29(32)30-22-23-34-35(36(30)38)31-19-8-10-21-33(31)37(34)27-15-5-2-6-16-27/h1-24H/i2D,5D,6D,11D,14D,15D,16D,17D,24D. The highest BCUT2D eigenvalue weighted by atomic mass is 15.0. The van der Waals surface area contributed by atoms with Gasteiger partial charge in [-0.05, 0) is 53.5 Å². The number of benzene rings is 6. The first kappa shape index (κ1) is 14.0. The minimum absolute atomic E-state index is 0.0185. The third kappa shape index (κ3) is 3.01. The fourth-order valence-corrected chi connectivity index (χ4v) is 5.53. The first-order valence-electron chi connectivity index (χ1n) is 16.8. The average Bonchev–Trinajstić information content (AvgIpc) is 3.59. The van der Waals surface area contributed by atoms with Gasteiger partial charge < -0.3 is 9.13 Å². The number of aromatic nitrogens is 2. The smallest absolute Gasteiger partial charge is 0.0651 e. The van der Waals surface area contributed by atoms with Crippen molar-refractivity contribution in [1.82, 2.24) is 9.13 Å². The van der Waals surface area contributed by atoms with Crippen LogP contribution in [0.15, 0.2) is 145 Å². The molecule has 38 heavy (non-hydrogen) atoms. The summed E-state index contributed by atoms with van der Waals surface area (Å²) in [7, 11) is 0. The van der Waals surface area contributed by atoms with Gasteiger partial charge in [-0.3, -0.25) is 0 Å². The molecule has 2 heteroatoms. The first-order valence-corrected chi connectivity index (χ1v) is 12.3. The Labute approximate surface area is 233 Å². The summed E-state index contributed by atoms with van der Waals surface area (Å²) < 4.78 is 82.3. The Morgan fingerprint density at radius 1 is 0.447 bits per heavy atom. The summed E-state index contributed by atoms with van der Waals surface area (Å²) in [5, 5.41) is 3.11. The molecule has 0 spiro atoms. The van der Waals surface area contributed by atoms with Gasteiger partial charge in [-0.15, -0.1) is 0 Å². The van der Waals surface area contributed by atoms with Gasteiger partial charge in [0.2, 0.25) is 0 Å². The number of para-hydroxylation sites is 3. The van der Waals surface area contributed by atoms with E-state index in [9.17, 15) is 1.37 Å². The van der Waals surface area contributed by atoms with Gasteiger partial charge in [-0.2, -0.15) is 0 Å².